The molecule has 3 rings (SSSR count). The Kier molecular flexibility index (Phi) is 3.99. The summed E-state index contributed by atoms with van der Waals surface area (Å²) < 4.78 is 35.1. The lowest BCUT2D eigenvalue weighted by atomic mass is 10.2. The third kappa shape index (κ3) is 3.22. The zero-order chi connectivity index (χ0) is 15.4. The van der Waals surface area contributed by atoms with E-state index in [-0.39, 0.29) is 12.5 Å². The predicted octanol–water partition coefficient (Wildman–Crippen LogP) is 3.04. The van der Waals surface area contributed by atoms with Crippen molar-refractivity contribution in [2.24, 2.45) is 0 Å². The monoisotopic (exact) mass is 304 g/mol. The molecule has 6 nitrogen and oxygen atoms in total. The Morgan fingerprint density at radius 1 is 1.09 bits per heavy atom. The summed E-state index contributed by atoms with van der Waals surface area (Å²) in [5, 5.41) is 6.82. The van der Waals surface area contributed by atoms with Gasteiger partial charge in [-0.2, -0.15) is 8.78 Å². The second-order valence-electron chi connectivity index (χ2n) is 4.24. The molecule has 0 N–H and O–H groups in total. The molecule has 0 saturated heterocycles. The predicted molar refractivity (Wildman–Crippen MR) is 71.1 cm³/mol. The number of hydrogen-bond donors (Lipinski definition) is 0. The lowest BCUT2D eigenvalue weighted by Gasteiger charge is -2.04. The summed E-state index contributed by atoms with van der Waals surface area (Å²) in [6, 6.07) is 8.67. The van der Waals surface area contributed by atoms with Crippen LogP contribution in [0.25, 0.3) is 11.5 Å². The molecule has 3 aromatic rings. The molecule has 22 heavy (non-hydrogen) atoms. The fourth-order valence-electron chi connectivity index (χ4n) is 1.66. The van der Waals surface area contributed by atoms with Crippen LogP contribution in [0.2, 0.25) is 0 Å². The van der Waals surface area contributed by atoms with Crippen molar-refractivity contribution in [3.8, 4) is 17.3 Å². The van der Waals surface area contributed by atoms with Crippen LogP contribution in [-0.2, 0) is 6.61 Å². The minimum Gasteiger partial charge on any atom is -0.471 e. The maximum Gasteiger partial charge on any atom is 0.314 e. The number of pyridine rings is 2. The summed E-state index contributed by atoms with van der Waals surface area (Å²) in [6.45, 7) is 0.239. The zero-order valence-electron chi connectivity index (χ0n) is 11.2. The Morgan fingerprint density at radius 2 is 2.00 bits per heavy atom. The van der Waals surface area contributed by atoms with Crippen molar-refractivity contribution in [2.45, 2.75) is 13.0 Å². The van der Waals surface area contributed by atoms with E-state index in [9.17, 15) is 8.78 Å². The minimum absolute atomic E-state index is 0.00000518. The highest BCUT2D eigenvalue weighted by atomic mass is 19.3. The summed E-state index contributed by atoms with van der Waals surface area (Å²) in [5.41, 5.74) is 1.11. The van der Waals surface area contributed by atoms with Gasteiger partial charge in [0.15, 0.2) is 0 Å². The highest BCUT2D eigenvalue weighted by molar-refractivity contribution is 5.50. The minimum atomic E-state index is -2.79. The maximum atomic E-state index is 12.4. The Bertz CT molecular complexity index is 732. The van der Waals surface area contributed by atoms with Crippen LogP contribution in [0, 0.1) is 0 Å². The SMILES string of the molecule is FC(F)c1nnc(-c2ccc(COc3ccccn3)nc2)o1. The number of rotatable bonds is 5. The molecule has 3 heterocycles. The molecule has 0 radical (unpaired) electrons. The van der Waals surface area contributed by atoms with Gasteiger partial charge in [0.25, 0.3) is 5.89 Å². The van der Waals surface area contributed by atoms with Gasteiger partial charge in [0.1, 0.15) is 6.61 Å². The fraction of sp³-hybridized carbons (Fsp3) is 0.143. The number of ether oxygens (including phenoxy) is 1. The highest BCUT2D eigenvalue weighted by Crippen LogP contribution is 2.22. The second kappa shape index (κ2) is 6.25. The standard InChI is InChI=1S/C14H10F2N4O2/c15-12(16)14-20-19-13(22-14)9-4-5-10(18-7-9)8-21-11-3-1-2-6-17-11/h1-7,12H,8H2. The van der Waals surface area contributed by atoms with Crippen molar-refractivity contribution in [1.29, 1.82) is 0 Å². The number of alkyl halides is 2. The van der Waals surface area contributed by atoms with E-state index in [1.54, 1.807) is 30.5 Å². The summed E-state index contributed by atoms with van der Waals surface area (Å²) in [4.78, 5) is 8.18. The molecule has 0 aliphatic rings. The quantitative estimate of drug-likeness (QED) is 0.721. The molecule has 0 amide bonds. The van der Waals surface area contributed by atoms with Gasteiger partial charge in [-0.3, -0.25) is 4.98 Å². The van der Waals surface area contributed by atoms with Crippen LogP contribution in [0.15, 0.2) is 47.1 Å². The highest BCUT2D eigenvalue weighted by Gasteiger charge is 2.17. The zero-order valence-corrected chi connectivity index (χ0v) is 11.2. The molecular weight excluding hydrogens is 294 g/mol. The lowest BCUT2D eigenvalue weighted by molar-refractivity contribution is 0.116. The number of nitrogens with zero attached hydrogens (tertiary/aromatic N) is 4. The van der Waals surface area contributed by atoms with Gasteiger partial charge in [0.05, 0.1) is 11.3 Å². The van der Waals surface area contributed by atoms with Crippen LogP contribution in [-0.4, -0.2) is 20.2 Å². The third-order valence-corrected chi connectivity index (χ3v) is 2.70. The molecule has 112 valence electrons. The molecular formula is C14H10F2N4O2. The first-order valence-corrected chi connectivity index (χ1v) is 6.33. The molecule has 0 aliphatic carbocycles. The average molecular weight is 304 g/mol. The Morgan fingerprint density at radius 3 is 2.64 bits per heavy atom. The summed E-state index contributed by atoms with van der Waals surface area (Å²) in [5.74, 6) is -0.218. The summed E-state index contributed by atoms with van der Waals surface area (Å²) >= 11 is 0. The van der Waals surface area contributed by atoms with E-state index in [4.69, 9.17) is 9.15 Å². The van der Waals surface area contributed by atoms with Crippen LogP contribution in [0.4, 0.5) is 8.78 Å². The smallest absolute Gasteiger partial charge is 0.314 e. The molecule has 0 unspecified atom stereocenters. The third-order valence-electron chi connectivity index (χ3n) is 2.70. The lowest BCUT2D eigenvalue weighted by Crippen LogP contribution is -1.99. The van der Waals surface area contributed by atoms with E-state index in [0.29, 0.717) is 17.1 Å². The van der Waals surface area contributed by atoms with Gasteiger partial charge in [-0.05, 0) is 18.2 Å². The Hall–Kier alpha value is -2.90. The first-order valence-electron chi connectivity index (χ1n) is 6.33. The molecule has 0 bridgehead atoms. The van der Waals surface area contributed by atoms with E-state index in [2.05, 4.69) is 20.2 Å². The Labute approximate surface area is 123 Å². The van der Waals surface area contributed by atoms with Gasteiger partial charge in [-0.1, -0.05) is 6.07 Å². The van der Waals surface area contributed by atoms with E-state index in [1.165, 1.54) is 6.20 Å². The van der Waals surface area contributed by atoms with E-state index < -0.39 is 12.3 Å². The molecule has 0 fully saturated rings. The van der Waals surface area contributed by atoms with Crippen molar-refractivity contribution >= 4 is 0 Å². The first kappa shape index (κ1) is 14.1. The maximum absolute atomic E-state index is 12.4. The van der Waals surface area contributed by atoms with Gasteiger partial charge >= 0.3 is 6.43 Å². The van der Waals surface area contributed by atoms with Crippen molar-refractivity contribution in [3.05, 3.63) is 54.3 Å². The fourth-order valence-corrected chi connectivity index (χ4v) is 1.66. The van der Waals surface area contributed by atoms with Crippen LogP contribution in [0.3, 0.4) is 0 Å². The van der Waals surface area contributed by atoms with Gasteiger partial charge in [0, 0.05) is 18.5 Å². The Balaban J connectivity index is 1.67. The topological polar surface area (TPSA) is 73.9 Å². The summed E-state index contributed by atoms with van der Waals surface area (Å²) in [7, 11) is 0. The number of aromatic nitrogens is 4. The van der Waals surface area contributed by atoms with Crippen LogP contribution < -0.4 is 4.74 Å². The molecule has 0 saturated carbocycles. The molecule has 8 heteroatoms. The van der Waals surface area contributed by atoms with Gasteiger partial charge in [-0.15, -0.1) is 10.2 Å². The van der Waals surface area contributed by atoms with Crippen molar-refractivity contribution in [3.63, 3.8) is 0 Å². The largest absolute Gasteiger partial charge is 0.471 e. The van der Waals surface area contributed by atoms with Crippen LogP contribution in [0.5, 0.6) is 5.88 Å². The number of hydrogen-bond acceptors (Lipinski definition) is 6. The molecule has 0 spiro atoms. The van der Waals surface area contributed by atoms with Gasteiger partial charge in [0.2, 0.25) is 11.8 Å². The van der Waals surface area contributed by atoms with Crippen molar-refractivity contribution in [2.75, 3.05) is 0 Å². The van der Waals surface area contributed by atoms with Crippen LogP contribution >= 0.6 is 0 Å². The number of halogens is 2. The molecule has 3 aromatic heterocycles. The van der Waals surface area contributed by atoms with Crippen molar-refractivity contribution < 1.29 is 17.9 Å². The van der Waals surface area contributed by atoms with E-state index >= 15 is 0 Å². The van der Waals surface area contributed by atoms with Crippen LogP contribution in [0.1, 0.15) is 18.0 Å². The van der Waals surface area contributed by atoms with Crippen molar-refractivity contribution in [1.82, 2.24) is 20.2 Å². The second-order valence-corrected chi connectivity index (χ2v) is 4.24. The van der Waals surface area contributed by atoms with E-state index in [0.717, 1.165) is 0 Å². The summed E-state index contributed by atoms with van der Waals surface area (Å²) in [6.07, 6.45) is 0.294. The van der Waals surface area contributed by atoms with Gasteiger partial charge < -0.3 is 9.15 Å². The first-order chi connectivity index (χ1) is 10.7. The molecule has 0 atom stereocenters. The average Bonchev–Trinajstić information content (AvgIpc) is 3.05. The van der Waals surface area contributed by atoms with Gasteiger partial charge in [-0.25, -0.2) is 4.98 Å². The molecule has 0 aliphatic heterocycles. The van der Waals surface area contributed by atoms with E-state index in [1.807, 2.05) is 6.07 Å². The normalized spacial score (nSPS) is 10.9. The molecule has 0 aromatic carbocycles.